The molecule has 0 saturated carbocycles. The van der Waals surface area contributed by atoms with E-state index >= 15 is 0 Å². The second-order valence-corrected chi connectivity index (χ2v) is 6.86. The molecule has 0 unspecified atom stereocenters. The van der Waals surface area contributed by atoms with Crippen LogP contribution < -0.4 is 11.2 Å². The van der Waals surface area contributed by atoms with E-state index in [-0.39, 0.29) is 17.3 Å². The molecular weight excluding hydrogens is 410 g/mol. The third-order valence-electron chi connectivity index (χ3n) is 4.66. The van der Waals surface area contributed by atoms with E-state index in [1.807, 2.05) is 31.2 Å². The molecule has 4 rings (SSSR count). The standard InChI is InChI=1S/C21H17N9O2/c1-12-3-7-16(8-4-12)18-17(25-29-30(18)20-19(23)27-32-28-20)21(31)26-24-13(2)15-9-5-14(11-22)6-10-15/h3-10H,1-2H3,(H2,23,27)(H,26,31)/b24-13+. The van der Waals surface area contributed by atoms with E-state index in [4.69, 9.17) is 11.0 Å². The SMILES string of the molecule is C/C(=N\NC(=O)c1nnn(-c2nonc2N)c1-c1ccc(C)cc1)c1ccc(C#N)cc1. The van der Waals surface area contributed by atoms with Crippen LogP contribution in [0.3, 0.4) is 0 Å². The first kappa shape index (κ1) is 20.4. The summed E-state index contributed by atoms with van der Waals surface area (Å²) >= 11 is 0. The molecule has 0 aliphatic carbocycles. The van der Waals surface area contributed by atoms with Gasteiger partial charge < -0.3 is 5.73 Å². The van der Waals surface area contributed by atoms with E-state index in [9.17, 15) is 4.79 Å². The van der Waals surface area contributed by atoms with Gasteiger partial charge in [-0.2, -0.15) is 15.0 Å². The summed E-state index contributed by atoms with van der Waals surface area (Å²) in [6.07, 6.45) is 0. The third kappa shape index (κ3) is 3.92. The predicted molar refractivity (Wildman–Crippen MR) is 115 cm³/mol. The van der Waals surface area contributed by atoms with Crippen LogP contribution in [0.15, 0.2) is 58.3 Å². The first-order chi connectivity index (χ1) is 15.5. The summed E-state index contributed by atoms with van der Waals surface area (Å²) in [6.45, 7) is 3.69. The zero-order valence-corrected chi connectivity index (χ0v) is 17.1. The van der Waals surface area contributed by atoms with Crippen molar-refractivity contribution in [1.29, 1.82) is 5.26 Å². The molecule has 0 saturated heterocycles. The summed E-state index contributed by atoms with van der Waals surface area (Å²) in [4.78, 5) is 12.9. The van der Waals surface area contributed by atoms with E-state index in [0.29, 0.717) is 22.5 Å². The van der Waals surface area contributed by atoms with Crippen molar-refractivity contribution in [2.45, 2.75) is 13.8 Å². The number of nitrogens with two attached hydrogens (primary N) is 1. The van der Waals surface area contributed by atoms with Gasteiger partial charge in [-0.05, 0) is 41.9 Å². The van der Waals surface area contributed by atoms with Crippen molar-refractivity contribution in [3.8, 4) is 23.1 Å². The largest absolute Gasteiger partial charge is 0.378 e. The van der Waals surface area contributed by atoms with Gasteiger partial charge in [0.2, 0.25) is 11.6 Å². The fourth-order valence-electron chi connectivity index (χ4n) is 2.93. The van der Waals surface area contributed by atoms with Gasteiger partial charge in [-0.15, -0.1) is 5.10 Å². The maximum Gasteiger partial charge on any atom is 0.294 e. The average molecular weight is 427 g/mol. The molecule has 1 amide bonds. The number of nitrogens with zero attached hydrogens (tertiary/aromatic N) is 7. The van der Waals surface area contributed by atoms with Crippen molar-refractivity contribution in [3.05, 3.63) is 70.9 Å². The Kier molecular flexibility index (Phi) is 5.42. The van der Waals surface area contributed by atoms with E-state index < -0.39 is 5.91 Å². The monoisotopic (exact) mass is 427 g/mol. The Morgan fingerprint density at radius 1 is 1.16 bits per heavy atom. The number of anilines is 1. The van der Waals surface area contributed by atoms with Crippen LogP contribution >= 0.6 is 0 Å². The number of aryl methyl sites for hydroxylation is 1. The molecule has 2 aromatic carbocycles. The lowest BCUT2D eigenvalue weighted by Gasteiger charge is -2.07. The maximum absolute atomic E-state index is 12.9. The molecule has 0 atom stereocenters. The molecule has 0 fully saturated rings. The molecule has 32 heavy (non-hydrogen) atoms. The minimum atomic E-state index is -0.574. The van der Waals surface area contributed by atoms with Gasteiger partial charge in [-0.25, -0.2) is 10.1 Å². The van der Waals surface area contributed by atoms with Crippen molar-refractivity contribution in [2.24, 2.45) is 5.10 Å². The minimum absolute atomic E-state index is 0.00454. The molecule has 11 nitrogen and oxygen atoms in total. The quantitative estimate of drug-likeness (QED) is 0.362. The third-order valence-corrected chi connectivity index (χ3v) is 4.66. The van der Waals surface area contributed by atoms with Crippen molar-refractivity contribution in [2.75, 3.05) is 5.73 Å². The van der Waals surface area contributed by atoms with Crippen LogP contribution in [0.25, 0.3) is 17.1 Å². The normalized spacial score (nSPS) is 11.2. The van der Waals surface area contributed by atoms with Gasteiger partial charge in [0.1, 0.15) is 5.69 Å². The minimum Gasteiger partial charge on any atom is -0.378 e. The average Bonchev–Trinajstić information content (AvgIpc) is 3.43. The molecule has 158 valence electrons. The molecule has 0 aliphatic heterocycles. The number of hydrogen-bond donors (Lipinski definition) is 2. The Morgan fingerprint density at radius 3 is 2.50 bits per heavy atom. The highest BCUT2D eigenvalue weighted by Crippen LogP contribution is 2.26. The van der Waals surface area contributed by atoms with Crippen LogP contribution in [0, 0.1) is 18.3 Å². The fourth-order valence-corrected chi connectivity index (χ4v) is 2.93. The van der Waals surface area contributed by atoms with E-state index in [0.717, 1.165) is 11.1 Å². The Balaban J connectivity index is 1.69. The van der Waals surface area contributed by atoms with Crippen molar-refractivity contribution in [3.63, 3.8) is 0 Å². The second kappa shape index (κ2) is 8.49. The first-order valence-electron chi connectivity index (χ1n) is 9.44. The van der Waals surface area contributed by atoms with E-state index in [2.05, 4.69) is 41.9 Å². The van der Waals surface area contributed by atoms with Crippen LogP contribution in [0.1, 0.15) is 34.1 Å². The molecule has 2 heterocycles. The van der Waals surface area contributed by atoms with Crippen molar-refractivity contribution >= 4 is 17.4 Å². The summed E-state index contributed by atoms with van der Waals surface area (Å²) in [5, 5.41) is 28.4. The van der Waals surface area contributed by atoms with E-state index in [1.165, 1.54) is 4.68 Å². The molecule has 0 aliphatic rings. The predicted octanol–water partition coefficient (Wildman–Crippen LogP) is 2.23. The smallest absolute Gasteiger partial charge is 0.294 e. The van der Waals surface area contributed by atoms with Crippen LogP contribution in [0.4, 0.5) is 5.82 Å². The van der Waals surface area contributed by atoms with Gasteiger partial charge in [0.15, 0.2) is 5.69 Å². The lowest BCUT2D eigenvalue weighted by Crippen LogP contribution is -2.21. The zero-order valence-electron chi connectivity index (χ0n) is 17.1. The number of benzene rings is 2. The van der Waals surface area contributed by atoms with Gasteiger partial charge in [-0.1, -0.05) is 47.2 Å². The molecular formula is C21H17N9O2. The molecule has 3 N–H and O–H groups in total. The van der Waals surface area contributed by atoms with Crippen molar-refractivity contribution in [1.82, 2.24) is 30.7 Å². The fraction of sp³-hybridized carbons (Fsp3) is 0.0952. The summed E-state index contributed by atoms with van der Waals surface area (Å²) in [7, 11) is 0. The molecule has 2 aromatic heterocycles. The topological polar surface area (TPSA) is 161 Å². The maximum atomic E-state index is 12.9. The molecule has 0 bridgehead atoms. The van der Waals surface area contributed by atoms with E-state index in [1.54, 1.807) is 31.2 Å². The summed E-state index contributed by atoms with van der Waals surface area (Å²) in [5.74, 6) is -0.455. The highest BCUT2D eigenvalue weighted by Gasteiger charge is 2.25. The lowest BCUT2D eigenvalue weighted by molar-refractivity contribution is 0.0950. The molecule has 4 aromatic rings. The number of nitriles is 1. The number of hydrazone groups is 1. The number of amides is 1. The first-order valence-corrected chi connectivity index (χ1v) is 9.44. The Bertz CT molecular complexity index is 1340. The van der Waals surface area contributed by atoms with Gasteiger partial charge in [0, 0.05) is 5.56 Å². The summed E-state index contributed by atoms with van der Waals surface area (Å²) < 4.78 is 5.96. The van der Waals surface area contributed by atoms with Crippen LogP contribution in [-0.2, 0) is 0 Å². The zero-order chi connectivity index (χ0) is 22.7. The number of rotatable bonds is 5. The van der Waals surface area contributed by atoms with Crippen molar-refractivity contribution < 1.29 is 9.42 Å². The Hall–Kier alpha value is -4.85. The molecule has 0 spiro atoms. The lowest BCUT2D eigenvalue weighted by atomic mass is 10.1. The number of aromatic nitrogens is 5. The van der Waals surface area contributed by atoms with Gasteiger partial charge in [0.25, 0.3) is 5.91 Å². The highest BCUT2D eigenvalue weighted by atomic mass is 16.6. The highest BCUT2D eigenvalue weighted by molar-refractivity contribution is 6.02. The van der Waals surface area contributed by atoms with Gasteiger partial charge >= 0.3 is 0 Å². The number of nitrogen functional groups attached to an aromatic ring is 1. The summed E-state index contributed by atoms with van der Waals surface area (Å²) in [6, 6.07) is 16.3. The Labute approximate surface area is 182 Å². The van der Waals surface area contributed by atoms with Gasteiger partial charge in [0.05, 0.1) is 17.3 Å². The number of hydrogen-bond acceptors (Lipinski definition) is 9. The van der Waals surface area contributed by atoms with Crippen LogP contribution in [0.5, 0.6) is 0 Å². The number of carbonyl (C=O) groups excluding carboxylic acids is 1. The Morgan fingerprint density at radius 2 is 1.88 bits per heavy atom. The van der Waals surface area contributed by atoms with Gasteiger partial charge in [-0.3, -0.25) is 4.79 Å². The molecule has 11 heteroatoms. The summed E-state index contributed by atoms with van der Waals surface area (Å²) in [5.41, 5.74) is 12.2. The van der Waals surface area contributed by atoms with Crippen LogP contribution in [0.2, 0.25) is 0 Å². The number of nitrogens with one attached hydrogen (secondary N) is 1. The second-order valence-electron chi connectivity index (χ2n) is 6.86. The molecule has 0 radical (unpaired) electrons. The number of carbonyl (C=O) groups is 1. The van der Waals surface area contributed by atoms with Crippen LogP contribution in [-0.4, -0.2) is 36.9 Å².